The molecule has 0 aliphatic heterocycles. The fourth-order valence-corrected chi connectivity index (χ4v) is 1.28. The highest BCUT2D eigenvalue weighted by Gasteiger charge is 2.07. The van der Waals surface area contributed by atoms with Crippen LogP contribution in [-0.4, -0.2) is 17.0 Å². The normalized spacial score (nSPS) is 10.0. The molecule has 78 valence electrons. The van der Waals surface area contributed by atoms with Crippen LogP contribution in [0.25, 0.3) is 0 Å². The molecule has 0 atom stereocenters. The molecule has 0 spiro atoms. The Kier molecular flexibility index (Phi) is 3.64. The second-order valence-corrected chi connectivity index (χ2v) is 3.11. The van der Waals surface area contributed by atoms with Crippen molar-refractivity contribution < 1.29 is 0 Å². The standard InChI is InChI=1S/C9H17N5/c1-4-5-7-12-8(11-3)6(2)9(13-7)14-10/h4-5,10H2,1-3H3,(H2,11,12,13,14). The van der Waals surface area contributed by atoms with Gasteiger partial charge in [-0.15, -0.1) is 0 Å². The zero-order valence-electron chi connectivity index (χ0n) is 8.89. The molecule has 1 heterocycles. The van der Waals surface area contributed by atoms with Crippen molar-refractivity contribution in [1.82, 2.24) is 9.97 Å². The van der Waals surface area contributed by atoms with Crippen LogP contribution in [0.1, 0.15) is 24.7 Å². The average Bonchev–Trinajstić information content (AvgIpc) is 2.20. The zero-order valence-corrected chi connectivity index (χ0v) is 8.89. The molecule has 0 fully saturated rings. The maximum atomic E-state index is 5.37. The van der Waals surface area contributed by atoms with Crippen molar-refractivity contribution in [2.45, 2.75) is 26.7 Å². The molecule has 0 aromatic carbocycles. The van der Waals surface area contributed by atoms with Crippen molar-refractivity contribution in [2.75, 3.05) is 17.8 Å². The quantitative estimate of drug-likeness (QED) is 0.495. The lowest BCUT2D eigenvalue weighted by Crippen LogP contribution is -2.14. The van der Waals surface area contributed by atoms with E-state index in [4.69, 9.17) is 5.84 Å². The number of rotatable bonds is 4. The third-order valence-electron chi connectivity index (χ3n) is 2.04. The summed E-state index contributed by atoms with van der Waals surface area (Å²) in [6.07, 6.45) is 1.89. The Labute approximate surface area is 84.1 Å². The van der Waals surface area contributed by atoms with E-state index in [1.807, 2.05) is 14.0 Å². The second kappa shape index (κ2) is 4.76. The van der Waals surface area contributed by atoms with Gasteiger partial charge in [-0.25, -0.2) is 15.8 Å². The van der Waals surface area contributed by atoms with Gasteiger partial charge in [0.2, 0.25) is 0 Å². The lowest BCUT2D eigenvalue weighted by molar-refractivity contribution is 0.833. The molecule has 0 unspecified atom stereocenters. The van der Waals surface area contributed by atoms with Crippen molar-refractivity contribution in [3.63, 3.8) is 0 Å². The largest absolute Gasteiger partial charge is 0.373 e. The number of anilines is 2. The minimum absolute atomic E-state index is 0.688. The molecule has 0 saturated heterocycles. The van der Waals surface area contributed by atoms with Gasteiger partial charge in [0.1, 0.15) is 17.5 Å². The molecular weight excluding hydrogens is 178 g/mol. The van der Waals surface area contributed by atoms with E-state index >= 15 is 0 Å². The molecule has 0 aliphatic rings. The van der Waals surface area contributed by atoms with Crippen LogP contribution in [-0.2, 0) is 6.42 Å². The van der Waals surface area contributed by atoms with Gasteiger partial charge in [0.15, 0.2) is 0 Å². The van der Waals surface area contributed by atoms with Crippen molar-refractivity contribution in [3.05, 3.63) is 11.4 Å². The molecule has 0 aliphatic carbocycles. The number of hydrogen-bond acceptors (Lipinski definition) is 5. The summed E-state index contributed by atoms with van der Waals surface area (Å²) < 4.78 is 0. The predicted molar refractivity (Wildman–Crippen MR) is 58.1 cm³/mol. The maximum absolute atomic E-state index is 5.37. The van der Waals surface area contributed by atoms with E-state index in [9.17, 15) is 0 Å². The minimum Gasteiger partial charge on any atom is -0.373 e. The lowest BCUT2D eigenvalue weighted by Gasteiger charge is -2.10. The van der Waals surface area contributed by atoms with E-state index in [2.05, 4.69) is 27.6 Å². The summed E-state index contributed by atoms with van der Waals surface area (Å²) in [4.78, 5) is 8.67. The Hall–Kier alpha value is -1.36. The highest BCUT2D eigenvalue weighted by Crippen LogP contribution is 2.18. The van der Waals surface area contributed by atoms with Gasteiger partial charge >= 0.3 is 0 Å². The SMILES string of the molecule is CCCc1nc(NC)c(C)c(NN)n1. The number of hydrazine groups is 1. The fourth-order valence-electron chi connectivity index (χ4n) is 1.28. The van der Waals surface area contributed by atoms with Crippen molar-refractivity contribution >= 4 is 11.6 Å². The molecule has 1 aromatic rings. The van der Waals surface area contributed by atoms with Gasteiger partial charge in [0, 0.05) is 19.0 Å². The van der Waals surface area contributed by atoms with Crippen molar-refractivity contribution in [3.8, 4) is 0 Å². The van der Waals surface area contributed by atoms with Crippen LogP contribution in [0.5, 0.6) is 0 Å². The Bertz CT molecular complexity index is 285. The van der Waals surface area contributed by atoms with Crippen LogP contribution in [0, 0.1) is 6.92 Å². The Balaban J connectivity index is 3.11. The summed E-state index contributed by atoms with van der Waals surface area (Å²) >= 11 is 0. The third-order valence-corrected chi connectivity index (χ3v) is 2.04. The highest BCUT2D eigenvalue weighted by molar-refractivity contribution is 5.56. The predicted octanol–water partition coefficient (Wildman–Crippen LogP) is 1.06. The van der Waals surface area contributed by atoms with E-state index in [-0.39, 0.29) is 0 Å². The van der Waals surface area contributed by atoms with E-state index in [1.54, 1.807) is 0 Å². The molecule has 14 heavy (non-hydrogen) atoms. The van der Waals surface area contributed by atoms with Gasteiger partial charge < -0.3 is 10.7 Å². The van der Waals surface area contributed by atoms with Gasteiger partial charge in [0.05, 0.1) is 0 Å². The van der Waals surface area contributed by atoms with Crippen LogP contribution in [0.4, 0.5) is 11.6 Å². The summed E-state index contributed by atoms with van der Waals surface area (Å²) in [5.74, 6) is 7.70. The molecular formula is C9H17N5. The van der Waals surface area contributed by atoms with E-state index in [0.717, 1.165) is 30.0 Å². The van der Waals surface area contributed by atoms with Crippen molar-refractivity contribution in [2.24, 2.45) is 5.84 Å². The topological polar surface area (TPSA) is 75.9 Å². The summed E-state index contributed by atoms with van der Waals surface area (Å²) in [7, 11) is 1.84. The number of nitrogens with one attached hydrogen (secondary N) is 2. The summed E-state index contributed by atoms with van der Waals surface area (Å²) in [5, 5.41) is 3.02. The van der Waals surface area contributed by atoms with Crippen LogP contribution >= 0.6 is 0 Å². The third kappa shape index (κ3) is 2.11. The molecule has 5 nitrogen and oxygen atoms in total. The molecule has 0 bridgehead atoms. The zero-order chi connectivity index (χ0) is 10.6. The summed E-state index contributed by atoms with van der Waals surface area (Å²) in [6, 6.07) is 0. The highest BCUT2D eigenvalue weighted by atomic mass is 15.3. The number of hydrogen-bond donors (Lipinski definition) is 3. The van der Waals surface area contributed by atoms with Gasteiger partial charge in [0.25, 0.3) is 0 Å². The van der Waals surface area contributed by atoms with E-state index in [0.29, 0.717) is 5.82 Å². The second-order valence-electron chi connectivity index (χ2n) is 3.11. The molecule has 1 aromatic heterocycles. The maximum Gasteiger partial charge on any atom is 0.148 e. The Morgan fingerprint density at radius 2 is 1.93 bits per heavy atom. The molecule has 1 rings (SSSR count). The summed E-state index contributed by atoms with van der Waals surface area (Å²) in [5.41, 5.74) is 3.52. The van der Waals surface area contributed by atoms with E-state index in [1.165, 1.54) is 0 Å². The van der Waals surface area contributed by atoms with Gasteiger partial charge in [-0.1, -0.05) is 6.92 Å². The number of aryl methyl sites for hydroxylation is 1. The first kappa shape index (κ1) is 10.7. The monoisotopic (exact) mass is 195 g/mol. The fraction of sp³-hybridized carbons (Fsp3) is 0.556. The lowest BCUT2D eigenvalue weighted by atomic mass is 10.2. The number of aromatic nitrogens is 2. The van der Waals surface area contributed by atoms with Gasteiger partial charge in [-0.05, 0) is 13.3 Å². The number of nitrogen functional groups attached to an aromatic ring is 1. The van der Waals surface area contributed by atoms with Gasteiger partial charge in [-0.2, -0.15) is 0 Å². The first-order chi connectivity index (χ1) is 6.72. The first-order valence-corrected chi connectivity index (χ1v) is 4.74. The average molecular weight is 195 g/mol. The Morgan fingerprint density at radius 3 is 2.43 bits per heavy atom. The van der Waals surface area contributed by atoms with Crippen LogP contribution in [0.3, 0.4) is 0 Å². The molecule has 0 amide bonds. The minimum atomic E-state index is 0.688. The molecule has 0 saturated carbocycles. The molecule has 4 N–H and O–H groups in total. The number of nitrogens with zero attached hydrogens (tertiary/aromatic N) is 2. The van der Waals surface area contributed by atoms with Crippen LogP contribution < -0.4 is 16.6 Å². The van der Waals surface area contributed by atoms with E-state index < -0.39 is 0 Å². The van der Waals surface area contributed by atoms with Crippen molar-refractivity contribution in [1.29, 1.82) is 0 Å². The smallest absolute Gasteiger partial charge is 0.148 e. The molecule has 0 radical (unpaired) electrons. The Morgan fingerprint density at radius 1 is 1.29 bits per heavy atom. The van der Waals surface area contributed by atoms with Gasteiger partial charge in [-0.3, -0.25) is 0 Å². The van der Waals surface area contributed by atoms with Crippen LogP contribution in [0.2, 0.25) is 0 Å². The summed E-state index contributed by atoms with van der Waals surface area (Å²) in [6.45, 7) is 4.02. The van der Waals surface area contributed by atoms with Crippen LogP contribution in [0.15, 0.2) is 0 Å². The number of nitrogens with two attached hydrogens (primary N) is 1. The molecule has 5 heteroatoms. The first-order valence-electron chi connectivity index (χ1n) is 4.74.